The zero-order valence-corrected chi connectivity index (χ0v) is 14.7. The van der Waals surface area contributed by atoms with Crippen LogP contribution in [0.2, 0.25) is 0 Å². The minimum atomic E-state index is -0.0190. The summed E-state index contributed by atoms with van der Waals surface area (Å²) in [5.74, 6) is 0. The molecule has 0 N–H and O–H groups in total. The van der Waals surface area contributed by atoms with Crippen LogP contribution in [0.5, 0.6) is 0 Å². The minimum Gasteiger partial charge on any atom is -0.0654 e. The van der Waals surface area contributed by atoms with Crippen molar-refractivity contribution in [2.45, 2.75) is 46.0 Å². The van der Waals surface area contributed by atoms with Crippen molar-refractivity contribution in [3.63, 3.8) is 0 Å². The van der Waals surface area contributed by atoms with Crippen molar-refractivity contribution in [3.05, 3.63) is 66.8 Å². The third-order valence-corrected chi connectivity index (χ3v) is 6.21. The van der Waals surface area contributed by atoms with Crippen molar-refractivity contribution in [3.8, 4) is 0 Å². The van der Waals surface area contributed by atoms with Crippen molar-refractivity contribution >= 4 is 0 Å². The molecule has 2 aromatic rings. The first-order valence-corrected chi connectivity index (χ1v) is 9.80. The van der Waals surface area contributed by atoms with Gasteiger partial charge >= 0.3 is 21.2 Å². The maximum Gasteiger partial charge on any atom is 0.357 e. The molecule has 0 aliphatic heterocycles. The van der Waals surface area contributed by atoms with Crippen molar-refractivity contribution in [2.24, 2.45) is 0 Å². The summed E-state index contributed by atoms with van der Waals surface area (Å²) in [4.78, 5) is 0. The van der Waals surface area contributed by atoms with E-state index in [4.69, 9.17) is 0 Å². The second-order valence-electron chi connectivity index (χ2n) is 5.16. The molecule has 0 aliphatic rings. The van der Waals surface area contributed by atoms with Crippen molar-refractivity contribution < 1.29 is 21.2 Å². The average molecular weight is 379 g/mol. The molecule has 0 saturated heterocycles. The number of rotatable bonds is 7. The van der Waals surface area contributed by atoms with E-state index in [2.05, 4.69) is 62.4 Å². The Morgan fingerprint density at radius 3 is 1.75 bits per heavy atom. The normalized spacial score (nSPS) is 10.7. The lowest BCUT2D eigenvalue weighted by Crippen LogP contribution is -3.61. The number of aryl methyl sites for hydroxylation is 2. The van der Waals surface area contributed by atoms with Crippen LogP contribution in [0.3, 0.4) is 0 Å². The van der Waals surface area contributed by atoms with E-state index in [9.17, 15) is 0 Å². The highest BCUT2D eigenvalue weighted by Gasteiger charge is 2.14. The zero-order valence-electron chi connectivity index (χ0n) is 12.5. The predicted octanol–water partition coefficient (Wildman–Crippen LogP) is 2.11. The number of unbranched alkanes of at least 4 members (excludes halogenated alkanes) is 2. The van der Waals surface area contributed by atoms with Crippen LogP contribution >= 0.6 is 0 Å². The summed E-state index contributed by atoms with van der Waals surface area (Å²) in [6, 6.07) is 18.5. The maximum atomic E-state index is 2.34. The van der Waals surface area contributed by atoms with Crippen LogP contribution in [-0.4, -0.2) is 0 Å². The smallest absolute Gasteiger partial charge is 0.0654 e. The summed E-state index contributed by atoms with van der Waals surface area (Å²) in [6.45, 7) is 4.47. The van der Waals surface area contributed by atoms with Crippen molar-refractivity contribution in [1.29, 1.82) is 0 Å². The van der Waals surface area contributed by atoms with Crippen LogP contribution < -0.4 is 21.2 Å². The summed E-state index contributed by atoms with van der Waals surface area (Å²) in [6.07, 6.45) is 6.34. The van der Waals surface area contributed by atoms with E-state index < -0.39 is 0 Å². The topological polar surface area (TPSA) is 0 Å². The predicted molar refractivity (Wildman–Crippen MR) is 82.9 cm³/mol. The second-order valence-corrected chi connectivity index (χ2v) is 8.19. The first kappa shape index (κ1) is 15.6. The number of hydrogen-bond acceptors (Lipinski definition) is 0. The molecule has 0 heterocycles. The Labute approximate surface area is 133 Å². The van der Waals surface area contributed by atoms with Crippen LogP contribution in [-0.2, 0) is 12.8 Å². The molecule has 0 unspecified atom stereocenters. The van der Waals surface area contributed by atoms with Gasteiger partial charge in [0.2, 0.25) is 0 Å². The molecular formula is C19H24I+. The minimum absolute atomic E-state index is 0.0190. The van der Waals surface area contributed by atoms with Gasteiger partial charge in [-0.2, -0.15) is 0 Å². The monoisotopic (exact) mass is 379 g/mol. The fourth-order valence-corrected chi connectivity index (χ4v) is 4.36. The molecule has 0 radical (unpaired) electrons. The molecule has 0 bridgehead atoms. The molecule has 0 spiro atoms. The Kier molecular flexibility index (Phi) is 6.58. The zero-order chi connectivity index (χ0) is 14.2. The Hall–Kier alpha value is -0.830. The van der Waals surface area contributed by atoms with E-state index in [1.54, 1.807) is 0 Å². The third-order valence-electron chi connectivity index (χ3n) is 3.52. The molecule has 2 rings (SSSR count). The van der Waals surface area contributed by atoms with E-state index >= 15 is 0 Å². The van der Waals surface area contributed by atoms with Gasteiger partial charge in [0.1, 0.15) is 0 Å². The van der Waals surface area contributed by atoms with Gasteiger partial charge in [0, 0.05) is 0 Å². The van der Waals surface area contributed by atoms with E-state index in [1.807, 2.05) is 0 Å². The highest BCUT2D eigenvalue weighted by Crippen LogP contribution is 2.05. The van der Waals surface area contributed by atoms with Crippen molar-refractivity contribution in [2.75, 3.05) is 0 Å². The van der Waals surface area contributed by atoms with Crippen LogP contribution in [0.15, 0.2) is 48.5 Å². The van der Waals surface area contributed by atoms with Gasteiger partial charge in [-0.15, -0.1) is 0 Å². The van der Waals surface area contributed by atoms with Gasteiger partial charge in [-0.3, -0.25) is 0 Å². The van der Waals surface area contributed by atoms with Gasteiger partial charge in [0.15, 0.2) is 7.14 Å². The molecule has 106 valence electrons. The second kappa shape index (κ2) is 8.46. The van der Waals surface area contributed by atoms with Gasteiger partial charge in [-0.1, -0.05) is 51.0 Å². The lowest BCUT2D eigenvalue weighted by atomic mass is 10.1. The lowest BCUT2D eigenvalue weighted by molar-refractivity contribution is -0.597. The molecule has 0 fully saturated rings. The molecule has 0 nitrogen and oxygen atoms in total. The largest absolute Gasteiger partial charge is 0.357 e. The Bertz CT molecular complexity index is 496. The lowest BCUT2D eigenvalue weighted by Gasteiger charge is -1.99. The molecule has 0 aliphatic carbocycles. The fourth-order valence-electron chi connectivity index (χ4n) is 2.20. The van der Waals surface area contributed by atoms with Gasteiger partial charge in [0.05, 0.1) is 0 Å². The van der Waals surface area contributed by atoms with Crippen LogP contribution in [0.1, 0.15) is 44.2 Å². The molecule has 0 atom stereocenters. The Morgan fingerprint density at radius 2 is 1.25 bits per heavy atom. The van der Waals surface area contributed by atoms with Crippen molar-refractivity contribution in [1.82, 2.24) is 0 Å². The molecular weight excluding hydrogens is 355 g/mol. The maximum absolute atomic E-state index is 2.34. The highest BCUT2D eigenvalue weighted by atomic mass is 127. The highest BCUT2D eigenvalue weighted by molar-refractivity contribution is 5.16. The number of hydrogen-bond donors (Lipinski definition) is 0. The van der Waals surface area contributed by atoms with Gasteiger partial charge in [0.25, 0.3) is 0 Å². The quantitative estimate of drug-likeness (QED) is 0.511. The first-order chi connectivity index (χ1) is 9.81. The van der Waals surface area contributed by atoms with E-state index in [1.165, 1.54) is 44.0 Å². The van der Waals surface area contributed by atoms with E-state index in [0.717, 1.165) is 6.42 Å². The molecule has 0 aromatic heterocycles. The van der Waals surface area contributed by atoms with Gasteiger partial charge in [-0.25, -0.2) is 0 Å². The van der Waals surface area contributed by atoms with Crippen LogP contribution in [0, 0.1) is 7.14 Å². The third kappa shape index (κ3) is 4.93. The molecule has 0 saturated carbocycles. The standard InChI is InChI=1S/C19H24I/c1-3-5-6-7-17-10-14-19(15-11-17)20-18-12-8-16(4-2)9-13-18/h8-15H,3-7H2,1-2H3/q+1. The first-order valence-electron chi connectivity index (χ1n) is 7.64. The SMILES string of the molecule is CCCCCc1ccc([I+]c2ccc(CC)cc2)cc1. The Morgan fingerprint density at radius 1 is 0.700 bits per heavy atom. The average Bonchev–Trinajstić information content (AvgIpc) is 2.50. The van der Waals surface area contributed by atoms with Gasteiger partial charge in [-0.05, 0) is 54.7 Å². The molecule has 0 amide bonds. The molecule has 20 heavy (non-hydrogen) atoms. The van der Waals surface area contributed by atoms with Crippen LogP contribution in [0.25, 0.3) is 0 Å². The van der Waals surface area contributed by atoms with E-state index in [0.29, 0.717) is 0 Å². The number of halogens is 1. The van der Waals surface area contributed by atoms with Gasteiger partial charge < -0.3 is 0 Å². The van der Waals surface area contributed by atoms with Crippen LogP contribution in [0.4, 0.5) is 0 Å². The van der Waals surface area contributed by atoms with E-state index in [-0.39, 0.29) is 21.2 Å². The summed E-state index contributed by atoms with van der Waals surface area (Å²) in [5.41, 5.74) is 2.93. The molecule has 1 heteroatoms. The summed E-state index contributed by atoms with van der Waals surface area (Å²) >= 11 is -0.0190. The summed E-state index contributed by atoms with van der Waals surface area (Å²) < 4.78 is 3.03. The summed E-state index contributed by atoms with van der Waals surface area (Å²) in [7, 11) is 0. The fraction of sp³-hybridized carbons (Fsp3) is 0.368. The number of benzene rings is 2. The summed E-state index contributed by atoms with van der Waals surface area (Å²) in [5, 5.41) is 0. The Balaban J connectivity index is 1.92. The molecule has 2 aromatic carbocycles.